The van der Waals surface area contributed by atoms with Gasteiger partial charge >= 0.3 is 5.97 Å². The molecule has 148 valence electrons. The number of methoxy groups -OCH3 is 1. The normalized spacial score (nSPS) is 20.4. The number of carbonyl (C=O) groups is 3. The molecule has 1 atom stereocenters. The summed E-state index contributed by atoms with van der Waals surface area (Å²) in [5.74, 6) is -0.753. The third-order valence-electron chi connectivity index (χ3n) is 5.12. The van der Waals surface area contributed by atoms with Crippen LogP contribution in [0.5, 0.6) is 0 Å². The van der Waals surface area contributed by atoms with Gasteiger partial charge in [0, 0.05) is 17.9 Å². The number of nitrogens with one attached hydrogen (secondary N) is 2. The van der Waals surface area contributed by atoms with Crippen LogP contribution < -0.4 is 10.6 Å². The van der Waals surface area contributed by atoms with Crippen molar-refractivity contribution >= 4 is 35.1 Å². The molecule has 6 nitrogen and oxygen atoms in total. The third-order valence-corrected chi connectivity index (χ3v) is 5.44. The summed E-state index contributed by atoms with van der Waals surface area (Å²) in [6, 6.07) is 4.78. The maximum Gasteiger partial charge on any atom is 0.337 e. The van der Waals surface area contributed by atoms with E-state index in [2.05, 4.69) is 15.4 Å². The Balaban J connectivity index is 1.93. The molecule has 1 saturated carbocycles. The van der Waals surface area contributed by atoms with Gasteiger partial charge in [-0.15, -0.1) is 0 Å². The van der Waals surface area contributed by atoms with E-state index in [0.29, 0.717) is 42.0 Å². The van der Waals surface area contributed by atoms with Crippen LogP contribution in [0, 0.1) is 11.8 Å². The van der Waals surface area contributed by atoms with Crippen LogP contribution in [0.25, 0.3) is 0 Å². The Kier molecular flexibility index (Phi) is 7.66. The van der Waals surface area contributed by atoms with Gasteiger partial charge in [0.15, 0.2) is 0 Å². The fourth-order valence-corrected chi connectivity index (χ4v) is 3.35. The second-order valence-corrected chi connectivity index (χ2v) is 7.45. The van der Waals surface area contributed by atoms with Crippen LogP contribution in [-0.2, 0) is 14.3 Å². The molecule has 0 radical (unpaired) electrons. The van der Waals surface area contributed by atoms with Crippen molar-refractivity contribution < 1.29 is 19.1 Å². The van der Waals surface area contributed by atoms with Gasteiger partial charge in [-0.1, -0.05) is 18.5 Å². The van der Waals surface area contributed by atoms with Gasteiger partial charge in [-0.05, 0) is 57.2 Å². The predicted octanol–water partition coefficient (Wildman–Crippen LogP) is 3.79. The fraction of sp³-hybridized carbons (Fsp3) is 0.550. The summed E-state index contributed by atoms with van der Waals surface area (Å²) in [5, 5.41) is 6.18. The van der Waals surface area contributed by atoms with Gasteiger partial charge in [-0.2, -0.15) is 0 Å². The summed E-state index contributed by atoms with van der Waals surface area (Å²) < 4.78 is 4.69. The van der Waals surface area contributed by atoms with Gasteiger partial charge in [-0.3, -0.25) is 9.59 Å². The lowest BCUT2D eigenvalue weighted by atomic mass is 9.81. The molecule has 1 aromatic carbocycles. The molecular weight excluding hydrogens is 368 g/mol. The quantitative estimate of drug-likeness (QED) is 0.719. The first-order valence-corrected chi connectivity index (χ1v) is 9.72. The van der Waals surface area contributed by atoms with Crippen LogP contribution in [-0.4, -0.2) is 30.9 Å². The van der Waals surface area contributed by atoms with E-state index in [1.165, 1.54) is 13.2 Å². The largest absolute Gasteiger partial charge is 0.465 e. The number of amides is 2. The lowest BCUT2D eigenvalue weighted by Crippen LogP contribution is -2.39. The molecule has 7 heteroatoms. The Morgan fingerprint density at radius 2 is 1.74 bits per heavy atom. The summed E-state index contributed by atoms with van der Waals surface area (Å²) in [6.45, 7) is 4.02. The minimum absolute atomic E-state index is 0.0331. The number of esters is 1. The van der Waals surface area contributed by atoms with E-state index >= 15 is 0 Å². The molecule has 1 aliphatic carbocycles. The van der Waals surface area contributed by atoms with Crippen molar-refractivity contribution in [2.24, 2.45) is 11.8 Å². The molecule has 1 aromatic rings. The molecule has 1 unspecified atom stereocenters. The maximum absolute atomic E-state index is 12.6. The average molecular weight is 395 g/mol. The lowest BCUT2D eigenvalue weighted by Gasteiger charge is -2.28. The molecule has 1 aliphatic rings. The standard InChI is InChI=1S/C20H27ClN2O4/c1-4-12(2)22-18(24)13-5-7-14(8-6-13)19(25)23-17-11-15(20(26)27-3)9-10-16(17)21/h9-14H,4-8H2,1-3H3,(H,22,24)(H,23,25). The van der Waals surface area contributed by atoms with Gasteiger partial charge < -0.3 is 15.4 Å². The van der Waals surface area contributed by atoms with E-state index < -0.39 is 5.97 Å². The van der Waals surface area contributed by atoms with E-state index in [-0.39, 0.29) is 29.7 Å². The molecule has 0 heterocycles. The van der Waals surface area contributed by atoms with E-state index in [0.717, 1.165) is 6.42 Å². The Hall–Kier alpha value is -2.08. The maximum atomic E-state index is 12.6. The van der Waals surface area contributed by atoms with Crippen LogP contribution in [0.2, 0.25) is 5.02 Å². The number of ether oxygens (including phenoxy) is 1. The van der Waals surface area contributed by atoms with Gasteiger partial charge in [0.25, 0.3) is 0 Å². The smallest absolute Gasteiger partial charge is 0.337 e. The van der Waals surface area contributed by atoms with Gasteiger partial charge in [-0.25, -0.2) is 4.79 Å². The lowest BCUT2D eigenvalue weighted by molar-refractivity contribution is -0.129. The van der Waals surface area contributed by atoms with Crippen LogP contribution in [0.1, 0.15) is 56.3 Å². The molecule has 0 aromatic heterocycles. The molecule has 2 rings (SSSR count). The Bertz CT molecular complexity index is 699. The van der Waals surface area contributed by atoms with Crippen molar-refractivity contribution in [2.45, 2.75) is 52.0 Å². The van der Waals surface area contributed by atoms with E-state index in [1.54, 1.807) is 12.1 Å². The molecule has 2 amide bonds. The topological polar surface area (TPSA) is 84.5 Å². The molecule has 0 bridgehead atoms. The molecule has 0 spiro atoms. The predicted molar refractivity (Wildman–Crippen MR) is 105 cm³/mol. The zero-order chi connectivity index (χ0) is 20.0. The van der Waals surface area contributed by atoms with Crippen LogP contribution in [0.3, 0.4) is 0 Å². The monoisotopic (exact) mass is 394 g/mol. The number of hydrogen-bond acceptors (Lipinski definition) is 4. The SMILES string of the molecule is CCC(C)NC(=O)C1CCC(C(=O)Nc2cc(C(=O)OC)ccc2Cl)CC1. The minimum atomic E-state index is -0.491. The van der Waals surface area contributed by atoms with Crippen molar-refractivity contribution in [3.63, 3.8) is 0 Å². The van der Waals surface area contributed by atoms with Crippen molar-refractivity contribution in [3.8, 4) is 0 Å². The number of carbonyl (C=O) groups excluding carboxylic acids is 3. The van der Waals surface area contributed by atoms with Crippen LogP contribution in [0.15, 0.2) is 18.2 Å². The number of hydrogen-bond donors (Lipinski definition) is 2. The van der Waals surface area contributed by atoms with E-state index in [1.807, 2.05) is 13.8 Å². The van der Waals surface area contributed by atoms with Gasteiger partial charge in [0.2, 0.25) is 11.8 Å². The number of benzene rings is 1. The fourth-order valence-electron chi connectivity index (χ4n) is 3.18. The summed E-state index contributed by atoms with van der Waals surface area (Å²) in [7, 11) is 1.30. The molecule has 2 N–H and O–H groups in total. The first-order valence-electron chi connectivity index (χ1n) is 9.34. The first kappa shape index (κ1) is 21.2. The van der Waals surface area contributed by atoms with Crippen molar-refractivity contribution in [1.82, 2.24) is 5.32 Å². The highest BCUT2D eigenvalue weighted by Crippen LogP contribution is 2.31. The molecule has 27 heavy (non-hydrogen) atoms. The Morgan fingerprint density at radius 3 is 2.30 bits per heavy atom. The van der Waals surface area contributed by atoms with Crippen LogP contribution in [0.4, 0.5) is 5.69 Å². The highest BCUT2D eigenvalue weighted by molar-refractivity contribution is 6.33. The Morgan fingerprint density at radius 1 is 1.15 bits per heavy atom. The summed E-state index contributed by atoms with van der Waals surface area (Å²) in [6.07, 6.45) is 3.58. The highest BCUT2D eigenvalue weighted by Gasteiger charge is 2.30. The summed E-state index contributed by atoms with van der Waals surface area (Å²) in [5.41, 5.74) is 0.712. The molecule has 0 aliphatic heterocycles. The molecule has 0 saturated heterocycles. The first-order chi connectivity index (χ1) is 12.8. The molecular formula is C20H27ClN2O4. The van der Waals surface area contributed by atoms with Gasteiger partial charge in [0.1, 0.15) is 0 Å². The van der Waals surface area contributed by atoms with E-state index in [9.17, 15) is 14.4 Å². The second kappa shape index (κ2) is 9.74. The van der Waals surface area contributed by atoms with Crippen molar-refractivity contribution in [1.29, 1.82) is 0 Å². The number of anilines is 1. The third kappa shape index (κ3) is 5.70. The minimum Gasteiger partial charge on any atom is -0.465 e. The van der Waals surface area contributed by atoms with E-state index in [4.69, 9.17) is 11.6 Å². The van der Waals surface area contributed by atoms with Crippen molar-refractivity contribution in [2.75, 3.05) is 12.4 Å². The zero-order valence-corrected chi connectivity index (χ0v) is 16.8. The summed E-state index contributed by atoms with van der Waals surface area (Å²) >= 11 is 6.13. The zero-order valence-electron chi connectivity index (χ0n) is 16.0. The average Bonchev–Trinajstić information content (AvgIpc) is 2.68. The summed E-state index contributed by atoms with van der Waals surface area (Å²) in [4.78, 5) is 36.5. The molecule has 1 fully saturated rings. The highest BCUT2D eigenvalue weighted by atomic mass is 35.5. The van der Waals surface area contributed by atoms with Gasteiger partial charge in [0.05, 0.1) is 23.4 Å². The Labute approximate surface area is 165 Å². The number of rotatable bonds is 6. The van der Waals surface area contributed by atoms with Crippen LogP contribution >= 0.6 is 11.6 Å². The number of halogens is 1. The second-order valence-electron chi connectivity index (χ2n) is 7.04. The van der Waals surface area contributed by atoms with Crippen molar-refractivity contribution in [3.05, 3.63) is 28.8 Å².